The number of hydrogen-bond acceptors (Lipinski definition) is 5. The minimum absolute atomic E-state index is 0.0715. The van der Waals surface area contributed by atoms with Crippen LogP contribution in [-0.4, -0.2) is 28.8 Å². The number of benzene rings is 2. The van der Waals surface area contributed by atoms with E-state index in [0.29, 0.717) is 29.5 Å². The van der Waals surface area contributed by atoms with Gasteiger partial charge in [-0.15, -0.1) is 11.8 Å². The summed E-state index contributed by atoms with van der Waals surface area (Å²) in [4.78, 5) is 19.7. The first-order valence-corrected chi connectivity index (χ1v) is 9.83. The highest BCUT2D eigenvalue weighted by atomic mass is 32.2. The molecule has 0 aliphatic carbocycles. The fourth-order valence-corrected chi connectivity index (χ4v) is 3.66. The highest BCUT2D eigenvalue weighted by Crippen LogP contribution is 2.34. The van der Waals surface area contributed by atoms with Gasteiger partial charge in [-0.1, -0.05) is 11.2 Å². The number of halogens is 1. The summed E-state index contributed by atoms with van der Waals surface area (Å²) < 4.78 is 19.3. The van der Waals surface area contributed by atoms with Gasteiger partial charge in [0, 0.05) is 34.7 Å². The Morgan fingerprint density at radius 2 is 2.00 bits per heavy atom. The first kappa shape index (κ1) is 17.7. The molecule has 1 aliphatic rings. The molecule has 1 saturated heterocycles. The van der Waals surface area contributed by atoms with Crippen molar-refractivity contribution in [1.29, 1.82) is 0 Å². The normalized spacial score (nSPS) is 16.9. The van der Waals surface area contributed by atoms with Crippen LogP contribution in [0, 0.1) is 12.7 Å². The van der Waals surface area contributed by atoms with Gasteiger partial charge in [-0.3, -0.25) is 4.79 Å². The van der Waals surface area contributed by atoms with E-state index in [1.54, 1.807) is 35.7 Å². The summed E-state index contributed by atoms with van der Waals surface area (Å²) in [5, 5.41) is 4.06. The molecule has 2 aromatic carbocycles. The lowest BCUT2D eigenvalue weighted by Crippen LogP contribution is -2.25. The highest BCUT2D eigenvalue weighted by molar-refractivity contribution is 7.98. The third-order valence-electron chi connectivity index (χ3n) is 4.79. The summed E-state index contributed by atoms with van der Waals surface area (Å²) >= 11 is 1.66. The Kier molecular flexibility index (Phi) is 4.70. The molecule has 1 aliphatic heterocycles. The predicted octanol–water partition coefficient (Wildman–Crippen LogP) is 4.43. The van der Waals surface area contributed by atoms with Gasteiger partial charge in [0.25, 0.3) is 0 Å². The van der Waals surface area contributed by atoms with Crippen molar-refractivity contribution >= 4 is 23.4 Å². The maximum absolute atomic E-state index is 13.8. The maximum atomic E-state index is 13.8. The van der Waals surface area contributed by atoms with Gasteiger partial charge >= 0.3 is 0 Å². The molecule has 3 aromatic rings. The van der Waals surface area contributed by atoms with Crippen molar-refractivity contribution in [3.05, 3.63) is 59.7 Å². The van der Waals surface area contributed by atoms with E-state index in [4.69, 9.17) is 4.52 Å². The summed E-state index contributed by atoms with van der Waals surface area (Å²) in [6.45, 7) is 2.07. The van der Waals surface area contributed by atoms with E-state index >= 15 is 0 Å². The number of aromatic nitrogens is 2. The lowest BCUT2D eigenvalue weighted by Gasteiger charge is -2.18. The number of carbonyl (C=O) groups is 1. The second kappa shape index (κ2) is 7.15. The van der Waals surface area contributed by atoms with E-state index in [0.717, 1.165) is 10.5 Å². The molecule has 0 N–H and O–H groups in total. The number of nitrogens with zero attached hydrogens (tertiary/aromatic N) is 3. The minimum atomic E-state index is -0.322. The lowest BCUT2D eigenvalue weighted by atomic mass is 10.1. The van der Waals surface area contributed by atoms with Crippen LogP contribution in [0.5, 0.6) is 0 Å². The van der Waals surface area contributed by atoms with Crippen molar-refractivity contribution in [3.8, 4) is 11.4 Å². The molecule has 138 valence electrons. The average Bonchev–Trinajstić information content (AvgIpc) is 3.31. The second-order valence-corrected chi connectivity index (χ2v) is 7.35. The predicted molar refractivity (Wildman–Crippen MR) is 102 cm³/mol. The monoisotopic (exact) mass is 383 g/mol. The second-order valence-electron chi connectivity index (χ2n) is 6.47. The summed E-state index contributed by atoms with van der Waals surface area (Å²) in [7, 11) is 0. The Balaban J connectivity index is 1.56. The summed E-state index contributed by atoms with van der Waals surface area (Å²) in [5.74, 6) is 0.344. The van der Waals surface area contributed by atoms with Crippen molar-refractivity contribution in [3.63, 3.8) is 0 Å². The molecule has 1 amide bonds. The Bertz CT molecular complexity index is 987. The van der Waals surface area contributed by atoms with E-state index in [1.165, 1.54) is 6.07 Å². The third kappa shape index (κ3) is 3.35. The molecule has 0 bridgehead atoms. The van der Waals surface area contributed by atoms with Crippen LogP contribution in [0.25, 0.3) is 11.4 Å². The number of hydrogen-bond donors (Lipinski definition) is 0. The summed E-state index contributed by atoms with van der Waals surface area (Å²) in [5.41, 5.74) is 1.92. The van der Waals surface area contributed by atoms with E-state index < -0.39 is 0 Å². The molecule has 1 unspecified atom stereocenters. The van der Waals surface area contributed by atoms with E-state index in [2.05, 4.69) is 10.1 Å². The molecule has 0 radical (unpaired) electrons. The van der Waals surface area contributed by atoms with Crippen molar-refractivity contribution in [2.75, 3.05) is 17.7 Å². The number of thioether (sulfide) groups is 1. The SMILES string of the molecule is CSc1ccc(-c2noc(C3CC(=O)N(c4cccc(F)c4C)C3)n2)cc1. The molecule has 1 aromatic heterocycles. The summed E-state index contributed by atoms with van der Waals surface area (Å²) in [6.07, 6.45) is 2.29. The van der Waals surface area contributed by atoms with Crippen LogP contribution in [0.3, 0.4) is 0 Å². The molecular weight excluding hydrogens is 365 g/mol. The smallest absolute Gasteiger partial charge is 0.232 e. The van der Waals surface area contributed by atoms with E-state index in [-0.39, 0.29) is 24.1 Å². The molecule has 0 spiro atoms. The topological polar surface area (TPSA) is 59.2 Å². The van der Waals surface area contributed by atoms with Crippen LogP contribution in [0.4, 0.5) is 10.1 Å². The maximum Gasteiger partial charge on any atom is 0.232 e. The molecular formula is C20H18FN3O2S. The van der Waals surface area contributed by atoms with Crippen molar-refractivity contribution < 1.29 is 13.7 Å². The molecule has 2 heterocycles. The van der Waals surface area contributed by atoms with Gasteiger partial charge in [-0.2, -0.15) is 4.98 Å². The molecule has 1 fully saturated rings. The number of rotatable bonds is 4. The largest absolute Gasteiger partial charge is 0.339 e. The van der Waals surface area contributed by atoms with Gasteiger partial charge in [0.15, 0.2) is 0 Å². The van der Waals surface area contributed by atoms with Crippen molar-refractivity contribution in [1.82, 2.24) is 10.1 Å². The molecule has 4 rings (SSSR count). The zero-order valence-corrected chi connectivity index (χ0v) is 15.8. The first-order chi connectivity index (χ1) is 13.1. The Hall–Kier alpha value is -2.67. The molecule has 1 atom stereocenters. The Morgan fingerprint density at radius 3 is 2.74 bits per heavy atom. The van der Waals surface area contributed by atoms with Gasteiger partial charge in [-0.25, -0.2) is 4.39 Å². The Morgan fingerprint density at radius 1 is 1.22 bits per heavy atom. The van der Waals surface area contributed by atoms with Crippen LogP contribution in [-0.2, 0) is 4.79 Å². The molecule has 27 heavy (non-hydrogen) atoms. The van der Waals surface area contributed by atoms with Gasteiger partial charge in [-0.05, 0) is 49.6 Å². The van der Waals surface area contributed by atoms with E-state index in [1.807, 2.05) is 30.5 Å². The molecule has 5 nitrogen and oxygen atoms in total. The zero-order valence-electron chi connectivity index (χ0n) is 15.0. The van der Waals surface area contributed by atoms with Gasteiger partial charge in [0.05, 0.1) is 5.92 Å². The van der Waals surface area contributed by atoms with Crippen molar-refractivity contribution in [2.24, 2.45) is 0 Å². The number of carbonyl (C=O) groups excluding carboxylic acids is 1. The number of anilines is 1. The van der Waals surface area contributed by atoms with Gasteiger partial charge < -0.3 is 9.42 Å². The highest BCUT2D eigenvalue weighted by Gasteiger charge is 2.36. The van der Waals surface area contributed by atoms with E-state index in [9.17, 15) is 9.18 Å². The fourth-order valence-electron chi connectivity index (χ4n) is 3.25. The minimum Gasteiger partial charge on any atom is -0.339 e. The summed E-state index contributed by atoms with van der Waals surface area (Å²) in [6, 6.07) is 12.7. The van der Waals surface area contributed by atoms with Crippen LogP contribution in [0.15, 0.2) is 51.9 Å². The van der Waals surface area contributed by atoms with Gasteiger partial charge in [0.2, 0.25) is 17.6 Å². The van der Waals surface area contributed by atoms with Gasteiger partial charge in [0.1, 0.15) is 5.82 Å². The third-order valence-corrected chi connectivity index (χ3v) is 5.54. The quantitative estimate of drug-likeness (QED) is 0.624. The number of amides is 1. The molecule has 0 saturated carbocycles. The van der Waals surface area contributed by atoms with Crippen LogP contribution < -0.4 is 4.90 Å². The lowest BCUT2D eigenvalue weighted by molar-refractivity contribution is -0.117. The van der Waals surface area contributed by atoms with Crippen molar-refractivity contribution in [2.45, 2.75) is 24.2 Å². The average molecular weight is 383 g/mol. The zero-order chi connectivity index (χ0) is 19.0. The fraction of sp³-hybridized carbons (Fsp3) is 0.250. The standard InChI is InChI=1S/C20H18FN3O2S/c1-12-16(21)4-3-5-17(12)24-11-14(10-18(24)25)20-22-19(23-26-20)13-6-8-15(27-2)9-7-13/h3-9,14H,10-11H2,1-2H3. The van der Waals surface area contributed by atoms with Crippen LogP contribution >= 0.6 is 11.8 Å². The first-order valence-electron chi connectivity index (χ1n) is 8.60. The van der Waals surface area contributed by atoms with Crippen LogP contribution in [0.1, 0.15) is 23.8 Å². The van der Waals surface area contributed by atoms with Crippen LogP contribution in [0.2, 0.25) is 0 Å². The molecule has 7 heteroatoms. The Labute approximate surface area is 160 Å².